The molecule has 4 rings (SSSR count). The highest BCUT2D eigenvalue weighted by Crippen LogP contribution is 2.30. The first kappa shape index (κ1) is 49.7. The van der Waals surface area contributed by atoms with Crippen LogP contribution in [0, 0.1) is 0 Å². The SMILES string of the molecule is NC[C@H]1O[C@H](O[C@H]2[C@H](OC[C@@H](O)CNCCCCNC[C@H](O)CO[C@@H]3[C@@H](O)[C@H](N)C[C@H](N)[C@H]3O[C@H]3O[C@H](CN)[C@@H](O)[C@H](O)[C@H]3N)[C@@H](O)[C@H](N)C[C@@H]2N)[C@H](N)[C@@H](O)[C@@H]1O. The molecule has 4 fully saturated rings. The Kier molecular flexibility index (Phi) is 20.1. The summed E-state index contributed by atoms with van der Waals surface area (Å²) in [6, 6.07) is -5.13. The van der Waals surface area contributed by atoms with Crippen LogP contribution in [-0.4, -0.2) is 228 Å². The largest absolute Gasteiger partial charge is 0.389 e. The molecule has 0 aromatic rings. The maximum atomic E-state index is 10.9. The van der Waals surface area contributed by atoms with E-state index in [2.05, 4.69) is 10.6 Å². The lowest BCUT2D eigenvalue weighted by Crippen LogP contribution is -2.68. The molecule has 0 spiro atoms. The highest BCUT2D eigenvalue weighted by molar-refractivity contribution is 5.02. The van der Waals surface area contributed by atoms with Crippen molar-refractivity contribution < 1.29 is 69.3 Å². The second-order valence-electron chi connectivity index (χ2n) is 16.0. The first-order chi connectivity index (χ1) is 27.5. The third kappa shape index (κ3) is 12.8. The summed E-state index contributed by atoms with van der Waals surface area (Å²) in [5.74, 6) is 0. The Hall–Kier alpha value is -0.960. The van der Waals surface area contributed by atoms with Crippen molar-refractivity contribution in [3.8, 4) is 0 Å². The minimum Gasteiger partial charge on any atom is -0.389 e. The molecule has 2 saturated heterocycles. The van der Waals surface area contributed by atoms with Crippen molar-refractivity contribution in [2.24, 2.45) is 45.9 Å². The van der Waals surface area contributed by atoms with Gasteiger partial charge in [-0.25, -0.2) is 0 Å². The molecule has 24 nitrogen and oxygen atoms in total. The van der Waals surface area contributed by atoms with Crippen LogP contribution in [0.2, 0.25) is 0 Å². The van der Waals surface area contributed by atoms with Gasteiger partial charge < -0.3 is 126 Å². The van der Waals surface area contributed by atoms with Crippen molar-refractivity contribution in [2.45, 2.75) is 160 Å². The van der Waals surface area contributed by atoms with Gasteiger partial charge in [-0.3, -0.25) is 0 Å². The summed E-state index contributed by atoms with van der Waals surface area (Å²) in [4.78, 5) is 0. The Balaban J connectivity index is 1.13. The van der Waals surface area contributed by atoms with Crippen molar-refractivity contribution in [3.05, 3.63) is 0 Å². The molecule has 0 bridgehead atoms. The molecule has 58 heavy (non-hydrogen) atoms. The van der Waals surface area contributed by atoms with Gasteiger partial charge in [-0.05, 0) is 38.8 Å². The Morgan fingerprint density at radius 3 is 1.22 bits per heavy atom. The Bertz CT molecular complexity index is 1100. The zero-order chi connectivity index (χ0) is 42.8. The number of ether oxygens (including phenoxy) is 6. The average Bonchev–Trinajstić information content (AvgIpc) is 3.19. The second-order valence-corrected chi connectivity index (χ2v) is 16.0. The summed E-state index contributed by atoms with van der Waals surface area (Å²) in [5, 5.41) is 90.3. The van der Waals surface area contributed by atoms with Gasteiger partial charge >= 0.3 is 0 Å². The number of nitrogens with one attached hydrogen (secondary N) is 2. The minimum absolute atomic E-state index is 0.103. The first-order valence-electron chi connectivity index (χ1n) is 20.1. The van der Waals surface area contributed by atoms with E-state index in [1.807, 2.05) is 0 Å². The smallest absolute Gasteiger partial charge is 0.176 e. The summed E-state index contributed by atoms with van der Waals surface area (Å²) in [7, 11) is 0. The van der Waals surface area contributed by atoms with Crippen LogP contribution in [0.25, 0.3) is 0 Å². The van der Waals surface area contributed by atoms with Crippen LogP contribution in [0.1, 0.15) is 25.7 Å². The van der Waals surface area contributed by atoms with Crippen molar-refractivity contribution in [3.63, 3.8) is 0 Å². The lowest BCUT2D eigenvalue weighted by atomic mass is 9.84. The molecule has 0 radical (unpaired) electrons. The summed E-state index contributed by atoms with van der Waals surface area (Å²) in [6.07, 6.45) is -16.2. The fourth-order valence-electron chi connectivity index (χ4n) is 7.73. The summed E-state index contributed by atoms with van der Waals surface area (Å²) in [5.41, 5.74) is 48.3. The maximum Gasteiger partial charge on any atom is 0.176 e. The molecule has 0 amide bonds. The van der Waals surface area contributed by atoms with Gasteiger partial charge in [0.1, 0.15) is 61.0 Å². The Labute approximate surface area is 338 Å². The van der Waals surface area contributed by atoms with Gasteiger partial charge in [-0.2, -0.15) is 0 Å². The highest BCUT2D eigenvalue weighted by atomic mass is 16.7. The molecule has 2 heterocycles. The van der Waals surface area contributed by atoms with Gasteiger partial charge in [0.15, 0.2) is 12.6 Å². The lowest BCUT2D eigenvalue weighted by Gasteiger charge is -2.47. The molecule has 0 aromatic carbocycles. The quantitative estimate of drug-likeness (QED) is 0.0477. The molecule has 2 aliphatic carbocycles. The van der Waals surface area contributed by atoms with Crippen LogP contribution >= 0.6 is 0 Å². The van der Waals surface area contributed by atoms with Crippen LogP contribution in [0.5, 0.6) is 0 Å². The van der Waals surface area contributed by atoms with Crippen LogP contribution < -0.4 is 56.5 Å². The average molecular weight is 845 g/mol. The van der Waals surface area contributed by atoms with E-state index in [0.29, 0.717) is 13.1 Å². The van der Waals surface area contributed by atoms with E-state index in [9.17, 15) is 40.9 Å². The number of hydrogen-bond acceptors (Lipinski definition) is 24. The highest BCUT2D eigenvalue weighted by Gasteiger charge is 2.50. The van der Waals surface area contributed by atoms with E-state index in [4.69, 9.17) is 74.3 Å². The van der Waals surface area contributed by atoms with Crippen LogP contribution in [-0.2, 0) is 28.4 Å². The third-order valence-corrected chi connectivity index (χ3v) is 11.4. The molecule has 0 unspecified atom stereocenters. The Morgan fingerprint density at radius 2 is 0.879 bits per heavy atom. The second kappa shape index (κ2) is 23.5. The molecule has 22 atom stereocenters. The van der Waals surface area contributed by atoms with Crippen molar-refractivity contribution >= 4 is 0 Å². The van der Waals surface area contributed by atoms with Crippen molar-refractivity contribution in [2.75, 3.05) is 52.5 Å². The molecule has 24 heteroatoms. The molecule has 4 aliphatic rings. The molecule has 2 aliphatic heterocycles. The van der Waals surface area contributed by atoms with Crippen LogP contribution in [0.4, 0.5) is 0 Å². The first-order valence-corrected chi connectivity index (χ1v) is 20.1. The fourth-order valence-corrected chi connectivity index (χ4v) is 7.73. The molecular weight excluding hydrogens is 772 g/mol. The summed E-state index contributed by atoms with van der Waals surface area (Å²) < 4.78 is 35.2. The standard InChI is InChI=1S/C34H72N10O14/c35-7-19-25(49)27(51)21(41)33(55-19)57-29-17(39)5-15(37)23(47)31(29)53-11-13(45)9-43-3-1-2-4-44-10-14(46)12-54-32-24(48)16(38)6-18(40)30(32)58-34-22(42)28(52)26(50)20(8-36)56-34/h13-34,43-52H,1-12,35-42H2/t13-,14-,15+,16+,17-,18-,19+,20+,21+,22+,23-,24-,25+,26+,27+,28+,29+,30+,31+,32+,33+,34+/m0/s1. The number of unbranched alkanes of at least 4 members (excludes halogenated alkanes) is 1. The molecular formula is C34H72N10O14. The van der Waals surface area contributed by atoms with E-state index >= 15 is 0 Å². The molecule has 0 aromatic heterocycles. The molecule has 26 N–H and O–H groups in total. The number of nitrogens with two attached hydrogens (primary N) is 8. The van der Waals surface area contributed by atoms with Crippen LogP contribution in [0.3, 0.4) is 0 Å². The van der Waals surface area contributed by atoms with Gasteiger partial charge in [0.05, 0.1) is 49.7 Å². The number of aliphatic hydroxyl groups is 8. The van der Waals surface area contributed by atoms with E-state index in [0.717, 1.165) is 12.8 Å². The van der Waals surface area contributed by atoms with Gasteiger partial charge in [-0.15, -0.1) is 0 Å². The lowest BCUT2D eigenvalue weighted by molar-refractivity contribution is -0.292. The minimum atomic E-state index is -1.38. The summed E-state index contributed by atoms with van der Waals surface area (Å²) >= 11 is 0. The number of rotatable bonds is 21. The number of aliphatic hydroxyl groups excluding tert-OH is 8. The van der Waals surface area contributed by atoms with E-state index in [1.54, 1.807) is 0 Å². The number of hydrogen-bond donors (Lipinski definition) is 18. The fraction of sp³-hybridized carbons (Fsp3) is 1.00. The van der Waals surface area contributed by atoms with E-state index < -0.39 is 134 Å². The zero-order valence-corrected chi connectivity index (χ0v) is 32.8. The monoisotopic (exact) mass is 845 g/mol. The third-order valence-electron chi connectivity index (χ3n) is 11.4. The van der Waals surface area contributed by atoms with Crippen molar-refractivity contribution in [1.29, 1.82) is 0 Å². The predicted octanol–water partition coefficient (Wildman–Crippen LogP) is -10.5. The normalized spacial score (nSPS) is 44.9. The molecule has 2 saturated carbocycles. The topological polar surface area (TPSA) is 449 Å². The predicted molar refractivity (Wildman–Crippen MR) is 205 cm³/mol. The van der Waals surface area contributed by atoms with Gasteiger partial charge in [0, 0.05) is 50.3 Å². The van der Waals surface area contributed by atoms with Gasteiger partial charge in [0.2, 0.25) is 0 Å². The summed E-state index contributed by atoms with van der Waals surface area (Å²) in [6.45, 7) is 0.886. The van der Waals surface area contributed by atoms with E-state index in [-0.39, 0.29) is 52.2 Å². The van der Waals surface area contributed by atoms with Gasteiger partial charge in [-0.1, -0.05) is 0 Å². The molecule has 342 valence electrons. The zero-order valence-electron chi connectivity index (χ0n) is 32.8. The van der Waals surface area contributed by atoms with Crippen LogP contribution in [0.15, 0.2) is 0 Å². The maximum absolute atomic E-state index is 10.9. The van der Waals surface area contributed by atoms with Gasteiger partial charge in [0.25, 0.3) is 0 Å². The van der Waals surface area contributed by atoms with Crippen molar-refractivity contribution in [1.82, 2.24) is 10.6 Å². The van der Waals surface area contributed by atoms with E-state index in [1.165, 1.54) is 0 Å². The Morgan fingerprint density at radius 1 is 0.517 bits per heavy atom.